The molecule has 0 aliphatic rings. The molecule has 0 bridgehead atoms. The first-order chi connectivity index (χ1) is 4.72. The number of hydrogen-bond acceptors (Lipinski definition) is 5. The van der Waals surface area contributed by atoms with Crippen molar-refractivity contribution in [2.24, 2.45) is 0 Å². The van der Waals surface area contributed by atoms with Crippen molar-refractivity contribution >= 4 is 14.7 Å². The van der Waals surface area contributed by atoms with Gasteiger partial charge in [0.05, 0.1) is 7.11 Å². The minimum atomic E-state index is -0.605. The summed E-state index contributed by atoms with van der Waals surface area (Å²) < 4.78 is 18.2. The summed E-state index contributed by atoms with van der Waals surface area (Å²) >= 11 is 0. The van der Waals surface area contributed by atoms with E-state index in [1.807, 2.05) is 0 Å². The molecular weight excluding hydrogens is 157 g/mol. The number of methoxy groups -OCH3 is 1. The highest BCUT2D eigenvalue weighted by Crippen LogP contribution is 1.92. The first-order valence-corrected chi connectivity index (χ1v) is 3.27. The van der Waals surface area contributed by atoms with Gasteiger partial charge in [0.2, 0.25) is 0 Å². The van der Waals surface area contributed by atoms with Gasteiger partial charge in [-0.2, -0.15) is 5.48 Å². The second kappa shape index (κ2) is 5.29. The number of hydroxylamine groups is 1. The van der Waals surface area contributed by atoms with Crippen molar-refractivity contribution in [1.29, 1.82) is 0 Å². The van der Waals surface area contributed by atoms with E-state index in [1.165, 1.54) is 14.0 Å². The summed E-state index contributed by atoms with van der Waals surface area (Å²) in [6.45, 7) is 1.52. The Kier molecular flexibility index (Phi) is 5.02. The van der Waals surface area contributed by atoms with E-state index >= 15 is 0 Å². The highest BCUT2D eigenvalue weighted by atomic mass is 31.1. The van der Waals surface area contributed by atoms with Crippen molar-refractivity contribution < 1.29 is 18.7 Å². The molecule has 0 amide bonds. The molecule has 0 radical (unpaired) electrons. The van der Waals surface area contributed by atoms with Crippen LogP contribution in [-0.2, 0) is 18.7 Å². The van der Waals surface area contributed by atoms with E-state index in [0.29, 0.717) is 0 Å². The molecule has 0 aromatic rings. The average Bonchev–Trinajstić information content (AvgIpc) is 1.98. The zero-order chi connectivity index (χ0) is 7.98. The van der Waals surface area contributed by atoms with Crippen molar-refractivity contribution in [2.75, 3.05) is 7.11 Å². The van der Waals surface area contributed by atoms with Crippen LogP contribution in [0.4, 0.5) is 0 Å². The number of ether oxygens (including phenoxy) is 1. The molecule has 0 heterocycles. The smallest absolute Gasteiger partial charge is 0.346 e. The second-order valence-electron chi connectivity index (χ2n) is 1.53. The van der Waals surface area contributed by atoms with E-state index in [4.69, 9.17) is 0 Å². The summed E-state index contributed by atoms with van der Waals surface area (Å²) in [6, 6.07) is -0.605. The molecule has 10 heavy (non-hydrogen) atoms. The third kappa shape index (κ3) is 3.50. The molecule has 1 atom stereocenters. The quantitative estimate of drug-likeness (QED) is 0.368. The van der Waals surface area contributed by atoms with Crippen molar-refractivity contribution in [3.63, 3.8) is 0 Å². The van der Waals surface area contributed by atoms with Gasteiger partial charge in [0.15, 0.2) is 0 Å². The van der Waals surface area contributed by atoms with E-state index in [1.54, 1.807) is 0 Å². The predicted octanol–water partition coefficient (Wildman–Crippen LogP) is 0.276. The average molecular weight is 165 g/mol. The van der Waals surface area contributed by atoms with Crippen LogP contribution in [0.2, 0.25) is 0 Å². The summed E-state index contributed by atoms with van der Waals surface area (Å²) in [6.07, 6.45) is 0. The van der Waals surface area contributed by atoms with Crippen molar-refractivity contribution in [2.45, 2.75) is 13.0 Å². The Bertz CT molecular complexity index is 128. The minimum absolute atomic E-state index is 0.469. The van der Waals surface area contributed by atoms with Crippen LogP contribution in [-0.4, -0.2) is 19.1 Å². The molecule has 5 nitrogen and oxygen atoms in total. The monoisotopic (exact) mass is 165 g/mol. The van der Waals surface area contributed by atoms with E-state index in [9.17, 15) is 9.36 Å². The Hall–Kier alpha value is -0.510. The Morgan fingerprint density at radius 3 is 2.70 bits per heavy atom. The topological polar surface area (TPSA) is 64.6 Å². The van der Waals surface area contributed by atoms with Crippen molar-refractivity contribution in [1.82, 2.24) is 5.48 Å². The van der Waals surface area contributed by atoms with Gasteiger partial charge in [0.1, 0.15) is 6.04 Å². The summed E-state index contributed by atoms with van der Waals surface area (Å²) in [4.78, 5) is 10.5. The molecule has 58 valence electrons. The molecular formula is C4H8NO4P. The fraction of sp³-hybridized carbons (Fsp3) is 0.750. The standard InChI is InChI=1S/C4H8NO4P/c1-3(4(6)8-2)5-9-10-7/h3,5H,1-2H3/t3-/m0/s1. The normalized spacial score (nSPS) is 13.0. The molecule has 0 aromatic heterocycles. The van der Waals surface area contributed by atoms with Crippen LogP contribution < -0.4 is 5.48 Å². The lowest BCUT2D eigenvalue weighted by molar-refractivity contribution is -0.144. The number of hydrogen-bond donors (Lipinski definition) is 1. The molecule has 0 unspecified atom stereocenters. The largest absolute Gasteiger partial charge is 0.468 e. The van der Waals surface area contributed by atoms with Crippen LogP contribution in [0.1, 0.15) is 6.92 Å². The van der Waals surface area contributed by atoms with Gasteiger partial charge in [-0.1, -0.05) is 0 Å². The Labute approximate surface area is 59.9 Å². The lowest BCUT2D eigenvalue weighted by atomic mass is 10.4. The molecule has 1 N–H and O–H groups in total. The van der Waals surface area contributed by atoms with Crippen LogP contribution >= 0.6 is 8.69 Å². The maximum absolute atomic E-state index is 10.5. The molecule has 6 heteroatoms. The van der Waals surface area contributed by atoms with Crippen LogP contribution in [0.15, 0.2) is 0 Å². The van der Waals surface area contributed by atoms with Gasteiger partial charge in [0, 0.05) is 0 Å². The highest BCUT2D eigenvalue weighted by Gasteiger charge is 2.11. The molecule has 0 rings (SSSR count). The fourth-order valence-electron chi connectivity index (χ4n) is 0.325. The lowest BCUT2D eigenvalue weighted by Gasteiger charge is -2.06. The van der Waals surface area contributed by atoms with E-state index in [2.05, 4.69) is 14.8 Å². The highest BCUT2D eigenvalue weighted by molar-refractivity contribution is 7.17. The summed E-state index contributed by atoms with van der Waals surface area (Å²) in [5, 5.41) is 0. The number of carbonyl (C=O) groups is 1. The zero-order valence-corrected chi connectivity index (χ0v) is 6.55. The first kappa shape index (κ1) is 9.49. The van der Waals surface area contributed by atoms with E-state index in [-0.39, 0.29) is 0 Å². The van der Waals surface area contributed by atoms with Gasteiger partial charge in [0.25, 0.3) is 0 Å². The molecule has 0 saturated carbocycles. The lowest BCUT2D eigenvalue weighted by Crippen LogP contribution is -2.32. The number of esters is 1. The van der Waals surface area contributed by atoms with Crippen molar-refractivity contribution in [3.8, 4) is 0 Å². The molecule has 0 saturated heterocycles. The maximum atomic E-state index is 10.5. The van der Waals surface area contributed by atoms with Crippen LogP contribution in [0.25, 0.3) is 0 Å². The van der Waals surface area contributed by atoms with Crippen LogP contribution in [0.3, 0.4) is 0 Å². The molecule has 0 aliphatic carbocycles. The van der Waals surface area contributed by atoms with E-state index < -0.39 is 20.7 Å². The molecule has 0 aliphatic heterocycles. The zero-order valence-electron chi connectivity index (χ0n) is 5.66. The van der Waals surface area contributed by atoms with Gasteiger partial charge >= 0.3 is 14.7 Å². The second-order valence-corrected chi connectivity index (χ2v) is 1.86. The Morgan fingerprint density at radius 2 is 2.30 bits per heavy atom. The Morgan fingerprint density at radius 1 is 1.70 bits per heavy atom. The number of carbonyl (C=O) groups excluding carboxylic acids is 1. The minimum Gasteiger partial charge on any atom is -0.468 e. The third-order valence-electron chi connectivity index (χ3n) is 0.821. The fourth-order valence-corrected chi connectivity index (χ4v) is 0.527. The van der Waals surface area contributed by atoms with Gasteiger partial charge < -0.3 is 4.74 Å². The number of nitrogens with one attached hydrogen (secondary N) is 1. The molecule has 0 fully saturated rings. The first-order valence-electron chi connectivity index (χ1n) is 2.54. The summed E-state index contributed by atoms with van der Waals surface area (Å²) in [5.74, 6) is -0.469. The van der Waals surface area contributed by atoms with Crippen LogP contribution in [0.5, 0.6) is 0 Å². The van der Waals surface area contributed by atoms with Gasteiger partial charge in [-0.25, -0.2) is 9.19 Å². The van der Waals surface area contributed by atoms with Crippen molar-refractivity contribution in [3.05, 3.63) is 0 Å². The Balaban J connectivity index is 3.50. The van der Waals surface area contributed by atoms with E-state index in [0.717, 1.165) is 0 Å². The van der Waals surface area contributed by atoms with Gasteiger partial charge in [-0.3, -0.25) is 4.79 Å². The summed E-state index contributed by atoms with van der Waals surface area (Å²) in [5.41, 5.74) is 2.18. The SMILES string of the molecule is COC(=O)[C@H](C)NOP=O. The molecule has 0 aromatic carbocycles. The van der Waals surface area contributed by atoms with Crippen LogP contribution in [0, 0.1) is 0 Å². The maximum Gasteiger partial charge on any atom is 0.346 e. The predicted molar refractivity (Wildman–Crippen MR) is 33.3 cm³/mol. The third-order valence-corrected chi connectivity index (χ3v) is 1.00. The molecule has 0 spiro atoms. The van der Waals surface area contributed by atoms with Gasteiger partial charge in [-0.05, 0) is 6.92 Å². The van der Waals surface area contributed by atoms with Gasteiger partial charge in [-0.15, -0.1) is 0 Å². The summed E-state index contributed by atoms with van der Waals surface area (Å²) in [7, 11) is 0.742. The number of rotatable bonds is 4.